The van der Waals surface area contributed by atoms with Crippen LogP contribution in [0.2, 0.25) is 0 Å². The van der Waals surface area contributed by atoms with E-state index in [1.54, 1.807) is 0 Å². The van der Waals surface area contributed by atoms with Gasteiger partial charge >= 0.3 is 0 Å². The number of nitrogens with zero attached hydrogens (tertiary/aromatic N) is 2. The van der Waals surface area contributed by atoms with Gasteiger partial charge in [-0.3, -0.25) is 10.1 Å². The van der Waals surface area contributed by atoms with Crippen LogP contribution in [0.4, 0.5) is 17.2 Å². The summed E-state index contributed by atoms with van der Waals surface area (Å²) < 4.78 is 0. The maximum absolute atomic E-state index is 10.7. The van der Waals surface area contributed by atoms with E-state index in [2.05, 4.69) is 10.3 Å². The molecule has 92 valence electrons. The van der Waals surface area contributed by atoms with Gasteiger partial charge < -0.3 is 5.32 Å². The van der Waals surface area contributed by atoms with Gasteiger partial charge in [0.25, 0.3) is 5.69 Å². The summed E-state index contributed by atoms with van der Waals surface area (Å²) in [6.45, 7) is 4.01. The molecule has 2 rings (SSSR count). The van der Waals surface area contributed by atoms with Crippen molar-refractivity contribution in [1.29, 1.82) is 0 Å². The molecule has 0 bridgehead atoms. The second kappa shape index (κ2) is 4.83. The Hall–Kier alpha value is -2.43. The van der Waals surface area contributed by atoms with Gasteiger partial charge in [0.05, 0.1) is 11.0 Å². The lowest BCUT2D eigenvalue weighted by atomic mass is 10.1. The van der Waals surface area contributed by atoms with Crippen LogP contribution in [0, 0.1) is 24.0 Å². The van der Waals surface area contributed by atoms with E-state index >= 15 is 0 Å². The molecule has 0 atom stereocenters. The monoisotopic (exact) mass is 243 g/mol. The van der Waals surface area contributed by atoms with Gasteiger partial charge in [0.2, 0.25) is 0 Å². The van der Waals surface area contributed by atoms with Crippen LogP contribution in [0.15, 0.2) is 36.5 Å². The first kappa shape index (κ1) is 12.0. The highest BCUT2D eigenvalue weighted by Gasteiger charge is 2.08. The summed E-state index contributed by atoms with van der Waals surface area (Å²) in [5.74, 6) is 0.470. The molecule has 0 fully saturated rings. The molecule has 1 aromatic heterocycles. The molecule has 0 amide bonds. The van der Waals surface area contributed by atoms with E-state index in [0.29, 0.717) is 5.82 Å². The summed E-state index contributed by atoms with van der Waals surface area (Å²) in [6, 6.07) is 8.66. The molecule has 0 radical (unpaired) electrons. The number of pyridine rings is 1. The predicted molar refractivity (Wildman–Crippen MR) is 70.1 cm³/mol. The van der Waals surface area contributed by atoms with Crippen LogP contribution in [0.1, 0.15) is 11.1 Å². The normalized spacial score (nSPS) is 10.1. The van der Waals surface area contributed by atoms with E-state index in [4.69, 9.17) is 0 Å². The lowest BCUT2D eigenvalue weighted by Crippen LogP contribution is -1.98. The number of aryl methyl sites for hydroxylation is 1. The fourth-order valence-electron chi connectivity index (χ4n) is 1.63. The molecule has 0 saturated carbocycles. The number of nitro groups is 1. The lowest BCUT2D eigenvalue weighted by molar-refractivity contribution is -0.384. The molecular weight excluding hydrogens is 230 g/mol. The van der Waals surface area contributed by atoms with Crippen LogP contribution >= 0.6 is 0 Å². The Morgan fingerprint density at radius 3 is 2.78 bits per heavy atom. The summed E-state index contributed by atoms with van der Waals surface area (Å²) in [6.07, 6.45) is 1.42. The number of rotatable bonds is 3. The third-order valence-electron chi connectivity index (χ3n) is 2.82. The van der Waals surface area contributed by atoms with Crippen LogP contribution in [0.3, 0.4) is 0 Å². The largest absolute Gasteiger partial charge is 0.340 e. The Labute approximate surface area is 105 Å². The molecule has 1 heterocycles. The molecule has 1 N–H and O–H groups in total. The predicted octanol–water partition coefficient (Wildman–Crippen LogP) is 3.35. The number of nitrogens with one attached hydrogen (secondary N) is 1. The topological polar surface area (TPSA) is 68.1 Å². The van der Waals surface area contributed by atoms with E-state index in [9.17, 15) is 10.1 Å². The van der Waals surface area contributed by atoms with Gasteiger partial charge in [-0.1, -0.05) is 12.1 Å². The van der Waals surface area contributed by atoms with Crippen molar-refractivity contribution in [2.75, 3.05) is 5.32 Å². The molecular formula is C13H13N3O2. The van der Waals surface area contributed by atoms with Gasteiger partial charge in [-0.25, -0.2) is 4.98 Å². The molecule has 1 aromatic carbocycles. The van der Waals surface area contributed by atoms with Gasteiger partial charge in [-0.05, 0) is 31.0 Å². The molecule has 0 spiro atoms. The first-order chi connectivity index (χ1) is 8.58. The van der Waals surface area contributed by atoms with Crippen molar-refractivity contribution >= 4 is 17.2 Å². The van der Waals surface area contributed by atoms with E-state index in [1.807, 2.05) is 32.0 Å². The summed E-state index contributed by atoms with van der Waals surface area (Å²) >= 11 is 0. The molecule has 5 heteroatoms. The molecule has 18 heavy (non-hydrogen) atoms. The standard InChI is InChI=1S/C13H13N3O2/c1-9-4-3-5-12(10(9)2)15-13-8-11(16(17)18)6-7-14-13/h3-8H,1-2H3,(H,14,15). The molecule has 0 aliphatic rings. The van der Waals surface area contributed by atoms with Crippen LogP contribution < -0.4 is 5.32 Å². The Bertz CT molecular complexity index is 597. The zero-order chi connectivity index (χ0) is 13.1. The van der Waals surface area contributed by atoms with Crippen molar-refractivity contribution in [3.05, 3.63) is 57.8 Å². The van der Waals surface area contributed by atoms with Crippen LogP contribution in [0.5, 0.6) is 0 Å². The molecule has 0 saturated heterocycles. The number of hydrogen-bond acceptors (Lipinski definition) is 4. The van der Waals surface area contributed by atoms with Crippen LogP contribution in [-0.2, 0) is 0 Å². The second-order valence-corrected chi connectivity index (χ2v) is 4.03. The number of aromatic nitrogens is 1. The van der Waals surface area contributed by atoms with E-state index in [0.717, 1.165) is 16.8 Å². The summed E-state index contributed by atoms with van der Waals surface area (Å²) in [7, 11) is 0. The van der Waals surface area contributed by atoms with Gasteiger partial charge in [-0.2, -0.15) is 0 Å². The minimum atomic E-state index is -0.435. The number of anilines is 2. The third kappa shape index (κ3) is 2.45. The first-order valence-electron chi connectivity index (χ1n) is 5.51. The molecule has 0 aliphatic heterocycles. The van der Waals surface area contributed by atoms with Crippen molar-refractivity contribution in [3.8, 4) is 0 Å². The highest BCUT2D eigenvalue weighted by molar-refractivity contribution is 5.63. The number of hydrogen-bond donors (Lipinski definition) is 1. The Kier molecular flexibility index (Phi) is 3.23. The lowest BCUT2D eigenvalue weighted by Gasteiger charge is -2.10. The fourth-order valence-corrected chi connectivity index (χ4v) is 1.63. The summed E-state index contributed by atoms with van der Waals surface area (Å²) in [5, 5.41) is 13.8. The highest BCUT2D eigenvalue weighted by atomic mass is 16.6. The van der Waals surface area contributed by atoms with Gasteiger partial charge in [-0.15, -0.1) is 0 Å². The van der Waals surface area contributed by atoms with Crippen molar-refractivity contribution in [1.82, 2.24) is 4.98 Å². The average molecular weight is 243 g/mol. The highest BCUT2D eigenvalue weighted by Crippen LogP contribution is 2.23. The minimum absolute atomic E-state index is 0.0257. The van der Waals surface area contributed by atoms with Crippen molar-refractivity contribution < 1.29 is 4.92 Å². The summed E-state index contributed by atoms with van der Waals surface area (Å²) in [5.41, 5.74) is 3.19. The second-order valence-electron chi connectivity index (χ2n) is 4.03. The van der Waals surface area contributed by atoms with Gasteiger partial charge in [0.15, 0.2) is 0 Å². The Morgan fingerprint density at radius 1 is 1.28 bits per heavy atom. The van der Waals surface area contributed by atoms with Gasteiger partial charge in [0.1, 0.15) is 5.82 Å². The minimum Gasteiger partial charge on any atom is -0.340 e. The molecule has 5 nitrogen and oxygen atoms in total. The summed E-state index contributed by atoms with van der Waals surface area (Å²) in [4.78, 5) is 14.3. The Morgan fingerprint density at radius 2 is 2.06 bits per heavy atom. The van der Waals surface area contributed by atoms with Crippen molar-refractivity contribution in [2.24, 2.45) is 0 Å². The zero-order valence-electron chi connectivity index (χ0n) is 10.2. The van der Waals surface area contributed by atoms with Gasteiger partial charge in [0, 0.05) is 18.0 Å². The van der Waals surface area contributed by atoms with Crippen LogP contribution in [-0.4, -0.2) is 9.91 Å². The van der Waals surface area contributed by atoms with E-state index in [1.165, 1.54) is 18.3 Å². The number of benzene rings is 1. The maximum atomic E-state index is 10.7. The smallest absolute Gasteiger partial charge is 0.274 e. The quantitative estimate of drug-likeness (QED) is 0.663. The molecule has 0 aliphatic carbocycles. The van der Waals surface area contributed by atoms with Crippen LogP contribution in [0.25, 0.3) is 0 Å². The third-order valence-corrected chi connectivity index (χ3v) is 2.82. The van der Waals surface area contributed by atoms with E-state index in [-0.39, 0.29) is 5.69 Å². The van der Waals surface area contributed by atoms with Crippen molar-refractivity contribution in [3.63, 3.8) is 0 Å². The maximum Gasteiger partial charge on any atom is 0.274 e. The Balaban J connectivity index is 2.31. The van der Waals surface area contributed by atoms with Crippen molar-refractivity contribution in [2.45, 2.75) is 13.8 Å². The molecule has 0 unspecified atom stereocenters. The zero-order valence-corrected chi connectivity index (χ0v) is 10.2. The first-order valence-corrected chi connectivity index (χ1v) is 5.51. The average Bonchev–Trinajstić information content (AvgIpc) is 2.35. The SMILES string of the molecule is Cc1cccc(Nc2cc([N+](=O)[O-])ccn2)c1C. The fraction of sp³-hybridized carbons (Fsp3) is 0.154. The molecule has 2 aromatic rings. The van der Waals surface area contributed by atoms with E-state index < -0.39 is 4.92 Å².